The van der Waals surface area contributed by atoms with Crippen molar-refractivity contribution in [2.45, 2.75) is 13.8 Å². The molecule has 0 bridgehead atoms. The summed E-state index contributed by atoms with van der Waals surface area (Å²) in [5.74, 6) is 0.342. The van der Waals surface area contributed by atoms with Gasteiger partial charge in [-0.2, -0.15) is 4.98 Å². The fourth-order valence-electron chi connectivity index (χ4n) is 2.88. The van der Waals surface area contributed by atoms with Gasteiger partial charge < -0.3 is 9.47 Å². The quantitative estimate of drug-likeness (QED) is 0.630. The Morgan fingerprint density at radius 3 is 2.78 bits per heavy atom. The number of halogens is 1. The van der Waals surface area contributed by atoms with E-state index in [9.17, 15) is 4.79 Å². The molecule has 7 nitrogen and oxygen atoms in total. The zero-order valence-electron chi connectivity index (χ0n) is 13.5. The van der Waals surface area contributed by atoms with Gasteiger partial charge in [0.15, 0.2) is 10.8 Å². The van der Waals surface area contributed by atoms with Crippen LogP contribution in [-0.2, 0) is 9.47 Å². The van der Waals surface area contributed by atoms with E-state index in [2.05, 4.69) is 17.0 Å². The van der Waals surface area contributed by atoms with Crippen molar-refractivity contribution in [2.75, 3.05) is 40.0 Å². The molecule has 0 spiro atoms. The third-order valence-electron chi connectivity index (χ3n) is 4.17. The largest absolute Gasteiger partial charge is 0.461 e. The molecule has 0 atom stereocenters. The summed E-state index contributed by atoms with van der Waals surface area (Å²) in [5, 5.41) is 0.321. The first kappa shape index (κ1) is 16.2. The first-order chi connectivity index (χ1) is 11.0. The Hall–Kier alpha value is -1.70. The second-order valence-electron chi connectivity index (χ2n) is 5.80. The first-order valence-electron chi connectivity index (χ1n) is 7.61. The number of ether oxygens (including phenoxy) is 2. The summed E-state index contributed by atoms with van der Waals surface area (Å²) in [6, 6.07) is 0. The Kier molecular flexibility index (Phi) is 4.27. The second kappa shape index (κ2) is 6.07. The van der Waals surface area contributed by atoms with E-state index in [4.69, 9.17) is 21.1 Å². The van der Waals surface area contributed by atoms with Gasteiger partial charge in [0.2, 0.25) is 5.65 Å². The minimum Gasteiger partial charge on any atom is -0.461 e. The van der Waals surface area contributed by atoms with Crippen LogP contribution in [0.2, 0.25) is 5.15 Å². The van der Waals surface area contributed by atoms with Crippen LogP contribution in [0.4, 0.5) is 5.82 Å². The summed E-state index contributed by atoms with van der Waals surface area (Å²) >= 11 is 6.21. The van der Waals surface area contributed by atoms with Crippen molar-refractivity contribution in [2.24, 2.45) is 0 Å². The molecule has 124 valence electrons. The van der Waals surface area contributed by atoms with Crippen LogP contribution in [0.5, 0.6) is 0 Å². The number of esters is 1. The number of morpholine rings is 1. The van der Waals surface area contributed by atoms with Gasteiger partial charge in [0.1, 0.15) is 13.1 Å². The molecule has 1 aliphatic rings. The zero-order valence-corrected chi connectivity index (χ0v) is 14.3. The minimum absolute atomic E-state index is 0.308. The van der Waals surface area contributed by atoms with Crippen LogP contribution in [0.25, 0.3) is 5.65 Å². The number of aryl methyl sites for hydroxylation is 1. The number of likely N-dealkylation sites (N-methyl/N-ethyl adjacent to an activating group) is 1. The number of aromatic nitrogens is 3. The Morgan fingerprint density at radius 1 is 1.43 bits per heavy atom. The van der Waals surface area contributed by atoms with E-state index in [0.29, 0.717) is 46.5 Å². The highest BCUT2D eigenvalue weighted by Gasteiger charge is 2.34. The van der Waals surface area contributed by atoms with Crippen LogP contribution in [-0.4, -0.2) is 60.3 Å². The van der Waals surface area contributed by atoms with Crippen molar-refractivity contribution in [3.05, 3.63) is 22.7 Å². The summed E-state index contributed by atoms with van der Waals surface area (Å²) in [6.07, 6.45) is 1.61. The van der Waals surface area contributed by atoms with Crippen molar-refractivity contribution in [1.82, 2.24) is 18.9 Å². The van der Waals surface area contributed by atoms with Gasteiger partial charge in [-0.3, -0.25) is 8.88 Å². The number of nitrogens with zero attached hydrogens (tertiary/aromatic N) is 4. The number of rotatable bonds is 3. The van der Waals surface area contributed by atoms with Gasteiger partial charge in [0.05, 0.1) is 32.6 Å². The van der Waals surface area contributed by atoms with E-state index in [0.717, 1.165) is 18.9 Å². The molecule has 0 aromatic carbocycles. The van der Waals surface area contributed by atoms with E-state index in [1.165, 1.54) is 0 Å². The standard InChI is InChI=1S/C15H20ClN4O3/c1-4-23-15(21)12-10(2)17-13-14(18-11(16)9-19(12)13)20(3)5-7-22-8-6-20/h9H,4-8H2,1-3H3/q+1. The smallest absolute Gasteiger partial charge is 0.357 e. The summed E-state index contributed by atoms with van der Waals surface area (Å²) in [5.41, 5.74) is 1.64. The lowest BCUT2D eigenvalue weighted by Crippen LogP contribution is -2.53. The molecule has 0 unspecified atom stereocenters. The molecule has 8 heteroatoms. The Balaban J connectivity index is 2.20. The van der Waals surface area contributed by atoms with Crippen LogP contribution < -0.4 is 4.48 Å². The third-order valence-corrected chi connectivity index (χ3v) is 4.35. The Morgan fingerprint density at radius 2 is 2.13 bits per heavy atom. The fourth-order valence-corrected chi connectivity index (χ4v) is 3.06. The zero-order chi connectivity index (χ0) is 16.6. The normalized spacial score (nSPS) is 17.4. The van der Waals surface area contributed by atoms with Crippen LogP contribution in [0.15, 0.2) is 6.20 Å². The predicted octanol–water partition coefficient (Wildman–Crippen LogP) is 1.84. The van der Waals surface area contributed by atoms with Crippen LogP contribution in [0, 0.1) is 6.92 Å². The summed E-state index contributed by atoms with van der Waals surface area (Å²) < 4.78 is 12.9. The molecule has 0 radical (unpaired) electrons. The molecular weight excluding hydrogens is 320 g/mol. The topological polar surface area (TPSA) is 65.7 Å². The maximum absolute atomic E-state index is 12.2. The van der Waals surface area contributed by atoms with Crippen LogP contribution in [0.1, 0.15) is 23.1 Å². The average molecular weight is 340 g/mol. The number of imidazole rings is 1. The summed E-state index contributed by atoms with van der Waals surface area (Å²) in [4.78, 5) is 21.3. The van der Waals surface area contributed by atoms with E-state index in [-0.39, 0.29) is 0 Å². The van der Waals surface area contributed by atoms with E-state index in [1.54, 1.807) is 24.4 Å². The molecule has 1 saturated heterocycles. The lowest BCUT2D eigenvalue weighted by molar-refractivity contribution is 0.0507. The van der Waals surface area contributed by atoms with E-state index >= 15 is 0 Å². The first-order valence-corrected chi connectivity index (χ1v) is 7.99. The number of hydrogen-bond acceptors (Lipinski definition) is 5. The Bertz CT molecular complexity index is 753. The lowest BCUT2D eigenvalue weighted by atomic mass is 10.3. The summed E-state index contributed by atoms with van der Waals surface area (Å²) in [6.45, 7) is 6.74. The van der Waals surface area contributed by atoms with Crippen molar-refractivity contribution in [3.63, 3.8) is 0 Å². The minimum atomic E-state index is -0.407. The molecule has 1 aliphatic heterocycles. The second-order valence-corrected chi connectivity index (χ2v) is 6.19. The number of quaternary nitrogens is 1. The van der Waals surface area contributed by atoms with E-state index in [1.807, 2.05) is 0 Å². The fraction of sp³-hybridized carbons (Fsp3) is 0.533. The van der Waals surface area contributed by atoms with Gasteiger partial charge in [-0.15, -0.1) is 0 Å². The molecule has 0 amide bonds. The predicted molar refractivity (Wildman–Crippen MR) is 87.0 cm³/mol. The highest BCUT2D eigenvalue weighted by molar-refractivity contribution is 6.29. The number of hydrogen-bond donors (Lipinski definition) is 0. The molecule has 0 aliphatic carbocycles. The molecular formula is C15H20ClN4O3+. The van der Waals surface area contributed by atoms with E-state index < -0.39 is 5.97 Å². The van der Waals surface area contributed by atoms with Gasteiger partial charge in [-0.1, -0.05) is 11.6 Å². The van der Waals surface area contributed by atoms with Gasteiger partial charge >= 0.3 is 5.97 Å². The lowest BCUT2D eigenvalue weighted by Gasteiger charge is -2.35. The molecule has 0 saturated carbocycles. The Labute approximate surface area is 139 Å². The summed E-state index contributed by atoms with van der Waals surface area (Å²) in [7, 11) is 2.08. The molecule has 3 rings (SSSR count). The number of carbonyl (C=O) groups is 1. The molecule has 0 N–H and O–H groups in total. The maximum atomic E-state index is 12.2. The van der Waals surface area contributed by atoms with Gasteiger partial charge in [-0.05, 0) is 13.8 Å². The van der Waals surface area contributed by atoms with Crippen LogP contribution in [0.3, 0.4) is 0 Å². The number of fused-ring (bicyclic) bond motifs is 1. The molecule has 1 fully saturated rings. The van der Waals surface area contributed by atoms with Crippen LogP contribution >= 0.6 is 11.6 Å². The van der Waals surface area contributed by atoms with Crippen molar-refractivity contribution in [1.29, 1.82) is 0 Å². The van der Waals surface area contributed by atoms with Crippen molar-refractivity contribution < 1.29 is 14.3 Å². The third kappa shape index (κ3) is 2.80. The van der Waals surface area contributed by atoms with Gasteiger partial charge in [-0.25, -0.2) is 9.78 Å². The molecule has 2 aromatic rings. The monoisotopic (exact) mass is 339 g/mol. The molecule has 2 aromatic heterocycles. The number of carbonyl (C=O) groups excluding carboxylic acids is 1. The highest BCUT2D eigenvalue weighted by Crippen LogP contribution is 2.29. The van der Waals surface area contributed by atoms with Gasteiger partial charge in [0.25, 0.3) is 5.82 Å². The van der Waals surface area contributed by atoms with Crippen molar-refractivity contribution >= 4 is 29.0 Å². The molecule has 23 heavy (non-hydrogen) atoms. The molecule has 3 heterocycles. The van der Waals surface area contributed by atoms with Crippen molar-refractivity contribution in [3.8, 4) is 0 Å². The average Bonchev–Trinajstić information content (AvgIpc) is 2.83. The SMILES string of the molecule is CCOC(=O)c1c(C)nc2c([N+]3(C)CCOCC3)nc(Cl)cn12. The maximum Gasteiger partial charge on any atom is 0.357 e. The van der Waals surface area contributed by atoms with Gasteiger partial charge in [0, 0.05) is 6.20 Å². The highest BCUT2D eigenvalue weighted by atomic mass is 35.5.